The summed E-state index contributed by atoms with van der Waals surface area (Å²) in [7, 11) is 0. The van der Waals surface area contributed by atoms with Crippen LogP contribution in [0.25, 0.3) is 0 Å². The van der Waals surface area contributed by atoms with Gasteiger partial charge in [-0.25, -0.2) is 19.3 Å². The van der Waals surface area contributed by atoms with Gasteiger partial charge in [0.2, 0.25) is 17.0 Å². The second-order valence-corrected chi connectivity index (χ2v) is 6.40. The summed E-state index contributed by atoms with van der Waals surface area (Å²) in [5, 5.41) is 13.6. The number of hydrogen-bond donors (Lipinski definition) is 3. The van der Waals surface area contributed by atoms with Gasteiger partial charge in [0.05, 0.1) is 17.2 Å². The molecule has 0 aliphatic rings. The minimum absolute atomic E-state index is 0.00742. The maximum Gasteiger partial charge on any atom is 0.240 e. The van der Waals surface area contributed by atoms with Crippen molar-refractivity contribution in [1.29, 1.82) is 0 Å². The smallest absolute Gasteiger partial charge is 0.240 e. The maximum absolute atomic E-state index is 13.1. The zero-order chi connectivity index (χ0) is 19.9. The van der Waals surface area contributed by atoms with Gasteiger partial charge >= 0.3 is 0 Å². The Morgan fingerprint density at radius 3 is 2.86 bits per heavy atom. The first kappa shape index (κ1) is 19.4. The number of hydrazone groups is 1. The Kier molecular flexibility index (Phi) is 6.27. The third kappa shape index (κ3) is 5.33. The highest BCUT2D eigenvalue weighted by Gasteiger charge is 2.10. The monoisotopic (exact) mass is 403 g/mol. The molecule has 0 bridgehead atoms. The average molecular weight is 403 g/mol. The van der Waals surface area contributed by atoms with Crippen LogP contribution in [0, 0.1) is 11.6 Å². The number of aromatic amines is 1. The predicted molar refractivity (Wildman–Crippen MR) is 102 cm³/mol. The summed E-state index contributed by atoms with van der Waals surface area (Å²) in [5.41, 5.74) is 4.28. The van der Waals surface area contributed by atoms with Crippen LogP contribution in [0.1, 0.15) is 12.6 Å². The Balaban J connectivity index is 1.50. The second kappa shape index (κ2) is 9.04. The number of benzene rings is 1. The van der Waals surface area contributed by atoms with E-state index in [0.29, 0.717) is 16.8 Å². The third-order valence-corrected chi connectivity index (χ3v) is 4.21. The summed E-state index contributed by atoms with van der Waals surface area (Å²) < 4.78 is 26.0. The fourth-order valence-electron chi connectivity index (χ4n) is 2.03. The number of nitrogens with zero attached hydrogens (tertiary/aromatic N) is 4. The van der Waals surface area contributed by atoms with Crippen LogP contribution in [0.5, 0.6) is 0 Å². The average Bonchev–Trinajstić information content (AvgIpc) is 3.16. The summed E-state index contributed by atoms with van der Waals surface area (Å²) in [6, 6.07) is 8.63. The molecule has 11 heteroatoms. The first-order valence-corrected chi connectivity index (χ1v) is 9.01. The summed E-state index contributed by atoms with van der Waals surface area (Å²) in [6.07, 6.45) is 1.67. The van der Waals surface area contributed by atoms with E-state index < -0.39 is 17.5 Å². The van der Waals surface area contributed by atoms with Crippen LogP contribution in [0.3, 0.4) is 0 Å². The topological polar surface area (TPSA) is 108 Å². The van der Waals surface area contributed by atoms with Gasteiger partial charge in [-0.2, -0.15) is 10.1 Å². The maximum atomic E-state index is 13.1. The molecule has 0 saturated carbocycles. The zero-order valence-electron chi connectivity index (χ0n) is 14.6. The van der Waals surface area contributed by atoms with E-state index in [-0.39, 0.29) is 11.4 Å². The largest absolute Gasteiger partial charge is 0.325 e. The number of amides is 1. The van der Waals surface area contributed by atoms with Crippen molar-refractivity contribution in [2.24, 2.45) is 5.10 Å². The van der Waals surface area contributed by atoms with Crippen molar-refractivity contribution in [1.82, 2.24) is 20.2 Å². The van der Waals surface area contributed by atoms with Gasteiger partial charge in [0, 0.05) is 18.0 Å². The van der Waals surface area contributed by atoms with Gasteiger partial charge in [-0.1, -0.05) is 17.8 Å². The Morgan fingerprint density at radius 1 is 1.25 bits per heavy atom. The molecule has 0 aliphatic carbocycles. The number of pyridine rings is 1. The van der Waals surface area contributed by atoms with Gasteiger partial charge in [0.1, 0.15) is 0 Å². The molecule has 0 atom stereocenters. The second-order valence-electron chi connectivity index (χ2n) is 5.46. The number of H-pyrrole nitrogens is 1. The molecule has 2 heterocycles. The summed E-state index contributed by atoms with van der Waals surface area (Å²) in [5.74, 6) is -2.11. The van der Waals surface area contributed by atoms with E-state index in [9.17, 15) is 13.6 Å². The van der Waals surface area contributed by atoms with Crippen LogP contribution in [0.15, 0.2) is 52.9 Å². The number of hydrogen-bond acceptors (Lipinski definition) is 7. The number of rotatable bonds is 7. The highest BCUT2D eigenvalue weighted by molar-refractivity contribution is 7.99. The molecule has 3 rings (SSSR count). The van der Waals surface area contributed by atoms with Gasteiger partial charge in [-0.05, 0) is 31.2 Å². The quantitative estimate of drug-likeness (QED) is 0.318. The van der Waals surface area contributed by atoms with E-state index >= 15 is 0 Å². The molecule has 3 aromatic rings. The van der Waals surface area contributed by atoms with E-state index in [1.54, 1.807) is 13.1 Å². The Labute approximate surface area is 162 Å². The number of thioether (sulfide) groups is 1. The van der Waals surface area contributed by atoms with Gasteiger partial charge in [-0.3, -0.25) is 9.78 Å². The number of nitrogens with one attached hydrogen (secondary N) is 3. The normalized spacial score (nSPS) is 11.3. The molecule has 8 nitrogen and oxygen atoms in total. The minimum atomic E-state index is -1.03. The van der Waals surface area contributed by atoms with E-state index in [1.807, 2.05) is 18.2 Å². The van der Waals surface area contributed by atoms with E-state index in [1.165, 1.54) is 6.07 Å². The fraction of sp³-hybridized carbons (Fsp3) is 0.118. The molecule has 0 radical (unpaired) electrons. The lowest BCUT2D eigenvalue weighted by Gasteiger charge is -2.04. The van der Waals surface area contributed by atoms with Crippen LogP contribution in [0.4, 0.5) is 20.4 Å². The zero-order valence-corrected chi connectivity index (χ0v) is 15.4. The molecule has 1 amide bonds. The SMILES string of the molecule is C/C(=N\Nc1nc(SCC(=O)Nc2ccc(F)c(F)c2)n[nH]1)c1ccccn1. The van der Waals surface area contributed by atoms with Gasteiger partial charge < -0.3 is 5.32 Å². The number of anilines is 2. The van der Waals surface area contributed by atoms with Crippen molar-refractivity contribution in [2.75, 3.05) is 16.5 Å². The van der Waals surface area contributed by atoms with Crippen molar-refractivity contribution in [3.8, 4) is 0 Å². The molecule has 0 unspecified atom stereocenters. The van der Waals surface area contributed by atoms with Crippen molar-refractivity contribution in [3.05, 3.63) is 59.9 Å². The Bertz CT molecular complexity index is 994. The van der Waals surface area contributed by atoms with Crippen molar-refractivity contribution in [2.45, 2.75) is 12.1 Å². The molecule has 0 saturated heterocycles. The highest BCUT2D eigenvalue weighted by atomic mass is 32.2. The first-order chi connectivity index (χ1) is 13.5. The van der Waals surface area contributed by atoms with Crippen molar-refractivity contribution in [3.63, 3.8) is 0 Å². The van der Waals surface area contributed by atoms with Crippen LogP contribution < -0.4 is 10.7 Å². The molecular weight excluding hydrogens is 388 g/mol. The van der Waals surface area contributed by atoms with Crippen molar-refractivity contribution < 1.29 is 13.6 Å². The van der Waals surface area contributed by atoms with Crippen molar-refractivity contribution >= 4 is 35.0 Å². The molecule has 0 spiro atoms. The Hall–Kier alpha value is -3.34. The third-order valence-electron chi connectivity index (χ3n) is 3.37. The molecular formula is C17H15F2N7OS. The minimum Gasteiger partial charge on any atom is -0.325 e. The molecule has 144 valence electrons. The number of halogens is 2. The molecule has 0 aliphatic heterocycles. The Morgan fingerprint density at radius 2 is 2.11 bits per heavy atom. The highest BCUT2D eigenvalue weighted by Crippen LogP contribution is 2.16. The van der Waals surface area contributed by atoms with Crippen LogP contribution in [-0.2, 0) is 4.79 Å². The standard InChI is InChI=1S/C17H15F2N7OS/c1-10(14-4-2-3-7-20-14)23-24-16-22-17(26-25-16)28-9-15(27)21-11-5-6-12(18)13(19)8-11/h2-8H,9H2,1H3,(H,21,27)(H2,22,24,25,26)/b23-10+. The van der Waals surface area contributed by atoms with Gasteiger partial charge in [0.15, 0.2) is 11.6 Å². The van der Waals surface area contributed by atoms with Gasteiger partial charge in [0.25, 0.3) is 0 Å². The van der Waals surface area contributed by atoms with Crippen LogP contribution in [0.2, 0.25) is 0 Å². The van der Waals surface area contributed by atoms with E-state index in [4.69, 9.17) is 0 Å². The lowest BCUT2D eigenvalue weighted by molar-refractivity contribution is -0.113. The summed E-state index contributed by atoms with van der Waals surface area (Å²) in [4.78, 5) is 20.2. The molecule has 0 fully saturated rings. The van der Waals surface area contributed by atoms with E-state index in [0.717, 1.165) is 29.6 Å². The first-order valence-electron chi connectivity index (χ1n) is 8.03. The lowest BCUT2D eigenvalue weighted by atomic mass is 10.3. The van der Waals surface area contributed by atoms with E-state index in [2.05, 4.69) is 36.0 Å². The van der Waals surface area contributed by atoms with Gasteiger partial charge in [-0.15, -0.1) is 5.10 Å². The fourth-order valence-corrected chi connectivity index (χ4v) is 2.63. The number of aromatic nitrogens is 4. The molecule has 2 aromatic heterocycles. The summed E-state index contributed by atoms with van der Waals surface area (Å²) in [6.45, 7) is 1.80. The molecule has 3 N–H and O–H groups in total. The lowest BCUT2D eigenvalue weighted by Crippen LogP contribution is -2.14. The van der Waals surface area contributed by atoms with Crippen LogP contribution >= 0.6 is 11.8 Å². The molecule has 28 heavy (non-hydrogen) atoms. The summed E-state index contributed by atoms with van der Waals surface area (Å²) >= 11 is 1.07. The predicted octanol–water partition coefficient (Wildman–Crippen LogP) is 3.04. The molecule has 1 aromatic carbocycles. The number of carbonyl (C=O) groups is 1. The van der Waals surface area contributed by atoms with Crippen LogP contribution in [-0.4, -0.2) is 37.5 Å². The number of carbonyl (C=O) groups excluding carboxylic acids is 1.